The Balaban J connectivity index is 3.36. The smallest absolute Gasteiger partial charge is 0.131 e. The summed E-state index contributed by atoms with van der Waals surface area (Å²) in [6.45, 7) is 3.83. The Labute approximate surface area is 83.9 Å². The van der Waals surface area contributed by atoms with Crippen LogP contribution in [-0.4, -0.2) is 7.11 Å². The van der Waals surface area contributed by atoms with Gasteiger partial charge in [-0.3, -0.25) is 0 Å². The van der Waals surface area contributed by atoms with Crippen LogP contribution in [0, 0.1) is 18.2 Å². The van der Waals surface area contributed by atoms with Crippen molar-refractivity contribution in [3.05, 3.63) is 29.1 Å². The van der Waals surface area contributed by atoms with Gasteiger partial charge in [0.05, 0.1) is 7.11 Å². The average molecular weight is 192 g/mol. The number of rotatable bonds is 2. The second-order valence-electron chi connectivity index (χ2n) is 3.37. The van der Waals surface area contributed by atoms with Crippen molar-refractivity contribution in [3.8, 4) is 18.1 Å². The van der Waals surface area contributed by atoms with E-state index in [0.29, 0.717) is 16.9 Å². The van der Waals surface area contributed by atoms with Crippen molar-refractivity contribution in [2.75, 3.05) is 7.11 Å². The third-order valence-electron chi connectivity index (χ3n) is 2.06. The van der Waals surface area contributed by atoms with E-state index in [9.17, 15) is 4.39 Å². The zero-order chi connectivity index (χ0) is 10.7. The fraction of sp³-hybridized carbons (Fsp3) is 0.333. The van der Waals surface area contributed by atoms with Crippen LogP contribution in [0.4, 0.5) is 4.39 Å². The molecular weight excluding hydrogens is 179 g/mol. The van der Waals surface area contributed by atoms with Gasteiger partial charge >= 0.3 is 0 Å². The molecule has 1 rings (SSSR count). The molecule has 1 aromatic carbocycles. The molecule has 1 nitrogen and oxygen atoms in total. The van der Waals surface area contributed by atoms with Crippen molar-refractivity contribution in [2.45, 2.75) is 19.8 Å². The highest BCUT2D eigenvalue weighted by Crippen LogP contribution is 2.30. The van der Waals surface area contributed by atoms with Gasteiger partial charge < -0.3 is 4.74 Å². The van der Waals surface area contributed by atoms with Crippen LogP contribution in [0.15, 0.2) is 12.1 Å². The summed E-state index contributed by atoms with van der Waals surface area (Å²) >= 11 is 0. The number of hydrogen-bond donors (Lipinski definition) is 0. The van der Waals surface area contributed by atoms with Crippen LogP contribution in [-0.2, 0) is 0 Å². The van der Waals surface area contributed by atoms with Gasteiger partial charge in [-0.2, -0.15) is 0 Å². The maximum absolute atomic E-state index is 13.6. The molecule has 1 aromatic rings. The molecule has 0 heterocycles. The highest BCUT2D eigenvalue weighted by molar-refractivity contribution is 5.45. The first-order chi connectivity index (χ1) is 6.60. The van der Waals surface area contributed by atoms with Crippen molar-refractivity contribution in [3.63, 3.8) is 0 Å². The minimum atomic E-state index is -0.299. The highest BCUT2D eigenvalue weighted by Gasteiger charge is 2.14. The van der Waals surface area contributed by atoms with Gasteiger partial charge in [0, 0.05) is 11.1 Å². The Kier molecular flexibility index (Phi) is 3.14. The van der Waals surface area contributed by atoms with E-state index < -0.39 is 0 Å². The van der Waals surface area contributed by atoms with Crippen molar-refractivity contribution < 1.29 is 9.13 Å². The second-order valence-corrected chi connectivity index (χ2v) is 3.37. The summed E-state index contributed by atoms with van der Waals surface area (Å²) in [6, 6.07) is 3.04. The zero-order valence-corrected chi connectivity index (χ0v) is 8.60. The van der Waals surface area contributed by atoms with E-state index in [1.54, 1.807) is 6.07 Å². The first-order valence-electron chi connectivity index (χ1n) is 4.44. The SMILES string of the molecule is C#Cc1cc(F)c(C(C)C)c(OC)c1. The molecule has 0 aliphatic rings. The molecule has 0 spiro atoms. The molecule has 74 valence electrons. The molecule has 2 heteroatoms. The summed E-state index contributed by atoms with van der Waals surface area (Å²) in [6.07, 6.45) is 5.20. The van der Waals surface area contributed by atoms with E-state index in [-0.39, 0.29) is 11.7 Å². The Bertz CT molecular complexity index is 375. The van der Waals surface area contributed by atoms with Crippen LogP contribution in [0.3, 0.4) is 0 Å². The minimum absolute atomic E-state index is 0.0803. The molecule has 0 aliphatic carbocycles. The van der Waals surface area contributed by atoms with Gasteiger partial charge in [-0.15, -0.1) is 6.42 Å². The maximum Gasteiger partial charge on any atom is 0.131 e. The van der Waals surface area contributed by atoms with E-state index in [4.69, 9.17) is 11.2 Å². The number of halogens is 1. The summed E-state index contributed by atoms with van der Waals surface area (Å²) in [5.41, 5.74) is 1.08. The topological polar surface area (TPSA) is 9.23 Å². The summed E-state index contributed by atoms with van der Waals surface area (Å²) in [4.78, 5) is 0. The van der Waals surface area contributed by atoms with E-state index in [1.165, 1.54) is 13.2 Å². The summed E-state index contributed by atoms with van der Waals surface area (Å²) in [5, 5.41) is 0. The number of ether oxygens (including phenoxy) is 1. The lowest BCUT2D eigenvalue weighted by Gasteiger charge is -2.13. The van der Waals surface area contributed by atoms with Gasteiger partial charge in [0.25, 0.3) is 0 Å². The molecule has 14 heavy (non-hydrogen) atoms. The van der Waals surface area contributed by atoms with Crippen molar-refractivity contribution in [1.29, 1.82) is 0 Å². The van der Waals surface area contributed by atoms with Crippen LogP contribution in [0.2, 0.25) is 0 Å². The van der Waals surface area contributed by atoms with Crippen LogP contribution < -0.4 is 4.74 Å². The Hall–Kier alpha value is -1.49. The summed E-state index contributed by atoms with van der Waals surface area (Å²) < 4.78 is 18.7. The molecule has 0 fully saturated rings. The summed E-state index contributed by atoms with van der Waals surface area (Å²) in [7, 11) is 1.51. The number of methoxy groups -OCH3 is 1. The molecule has 0 unspecified atom stereocenters. The first-order valence-corrected chi connectivity index (χ1v) is 4.44. The van der Waals surface area contributed by atoms with Crippen LogP contribution in [0.1, 0.15) is 30.9 Å². The summed E-state index contributed by atoms with van der Waals surface area (Å²) in [5.74, 6) is 2.69. The molecule has 0 N–H and O–H groups in total. The van der Waals surface area contributed by atoms with Gasteiger partial charge in [0.1, 0.15) is 11.6 Å². The largest absolute Gasteiger partial charge is 0.496 e. The first kappa shape index (κ1) is 10.6. The maximum atomic E-state index is 13.6. The zero-order valence-electron chi connectivity index (χ0n) is 8.60. The number of benzene rings is 1. The van der Waals surface area contributed by atoms with Gasteiger partial charge in [0.2, 0.25) is 0 Å². The Morgan fingerprint density at radius 2 is 2.07 bits per heavy atom. The molecule has 0 aromatic heterocycles. The third kappa shape index (κ3) is 1.88. The third-order valence-corrected chi connectivity index (χ3v) is 2.06. The Morgan fingerprint density at radius 3 is 2.50 bits per heavy atom. The predicted octanol–water partition coefficient (Wildman–Crippen LogP) is 2.94. The fourth-order valence-electron chi connectivity index (χ4n) is 1.41. The van der Waals surface area contributed by atoms with E-state index in [2.05, 4.69) is 5.92 Å². The van der Waals surface area contributed by atoms with Gasteiger partial charge in [-0.25, -0.2) is 4.39 Å². The normalized spacial score (nSPS) is 10.0. The van der Waals surface area contributed by atoms with Gasteiger partial charge in [-0.05, 0) is 18.1 Å². The standard InChI is InChI=1S/C12H13FO/c1-5-9-6-10(13)12(8(2)3)11(7-9)14-4/h1,6-8H,2-4H3. The fourth-order valence-corrected chi connectivity index (χ4v) is 1.41. The lowest BCUT2D eigenvalue weighted by atomic mass is 9.99. The molecule has 0 amide bonds. The lowest BCUT2D eigenvalue weighted by molar-refractivity contribution is 0.401. The molecular formula is C12H13FO. The van der Waals surface area contributed by atoms with E-state index in [1.807, 2.05) is 13.8 Å². The molecule has 0 atom stereocenters. The Morgan fingerprint density at radius 1 is 1.43 bits per heavy atom. The predicted molar refractivity (Wildman–Crippen MR) is 55.0 cm³/mol. The number of terminal acetylenes is 1. The quantitative estimate of drug-likeness (QED) is 0.654. The number of hydrogen-bond acceptors (Lipinski definition) is 1. The molecule has 0 saturated heterocycles. The van der Waals surface area contributed by atoms with Crippen LogP contribution in [0.5, 0.6) is 5.75 Å². The van der Waals surface area contributed by atoms with Crippen molar-refractivity contribution in [1.82, 2.24) is 0 Å². The lowest BCUT2D eigenvalue weighted by Crippen LogP contribution is -1.99. The van der Waals surface area contributed by atoms with Crippen molar-refractivity contribution in [2.24, 2.45) is 0 Å². The van der Waals surface area contributed by atoms with Crippen molar-refractivity contribution >= 4 is 0 Å². The van der Waals surface area contributed by atoms with Crippen LogP contribution in [0.25, 0.3) is 0 Å². The molecule has 0 saturated carbocycles. The van der Waals surface area contributed by atoms with Crippen LogP contribution >= 0.6 is 0 Å². The van der Waals surface area contributed by atoms with E-state index in [0.717, 1.165) is 0 Å². The second kappa shape index (κ2) is 4.15. The molecule has 0 bridgehead atoms. The van der Waals surface area contributed by atoms with Gasteiger partial charge in [-0.1, -0.05) is 19.8 Å². The minimum Gasteiger partial charge on any atom is -0.496 e. The molecule has 0 radical (unpaired) electrons. The molecule has 0 aliphatic heterocycles. The highest BCUT2D eigenvalue weighted by atomic mass is 19.1. The average Bonchev–Trinajstić information content (AvgIpc) is 2.15. The monoisotopic (exact) mass is 192 g/mol. The van der Waals surface area contributed by atoms with E-state index >= 15 is 0 Å². The van der Waals surface area contributed by atoms with Gasteiger partial charge in [0.15, 0.2) is 0 Å².